The Bertz CT molecular complexity index is 365. The third-order valence-corrected chi connectivity index (χ3v) is 2.02. The molecular formula is C9H9ClF4N2O. The van der Waals surface area contributed by atoms with Crippen LogP contribution in [-0.2, 0) is 17.2 Å². The van der Waals surface area contributed by atoms with Crippen molar-refractivity contribution in [2.45, 2.75) is 24.8 Å². The van der Waals surface area contributed by atoms with Crippen molar-refractivity contribution in [1.29, 1.82) is 0 Å². The molecule has 0 radical (unpaired) electrons. The van der Waals surface area contributed by atoms with Crippen LogP contribution in [0.4, 0.5) is 17.6 Å². The maximum absolute atomic E-state index is 12.5. The number of hydrogen-bond acceptors (Lipinski definition) is 3. The van der Waals surface area contributed by atoms with Crippen molar-refractivity contribution in [3.63, 3.8) is 0 Å². The van der Waals surface area contributed by atoms with Crippen LogP contribution in [0.1, 0.15) is 11.5 Å². The van der Waals surface area contributed by atoms with Crippen LogP contribution in [0.5, 0.6) is 0 Å². The van der Waals surface area contributed by atoms with Gasteiger partial charge in [-0.15, -0.1) is 11.6 Å². The summed E-state index contributed by atoms with van der Waals surface area (Å²) in [6, 6.07) is 1.55. The molecule has 1 rings (SSSR count). The fraction of sp³-hybridized carbons (Fsp3) is 0.556. The van der Waals surface area contributed by atoms with Gasteiger partial charge in [0.25, 0.3) is 0 Å². The Kier molecular flexibility index (Phi) is 5.07. The molecule has 0 saturated carbocycles. The normalized spacial score (nSPS) is 12.1. The minimum atomic E-state index is -4.16. The molecule has 0 amide bonds. The zero-order valence-corrected chi connectivity index (χ0v) is 9.30. The second-order valence-electron chi connectivity index (χ2n) is 3.15. The quantitative estimate of drug-likeness (QED) is 0.590. The van der Waals surface area contributed by atoms with Gasteiger partial charge in [0.2, 0.25) is 0 Å². The Morgan fingerprint density at radius 2 is 2.12 bits per heavy atom. The predicted octanol–water partition coefficient (Wildman–Crippen LogP) is 2.63. The number of halogens is 5. The first-order valence-corrected chi connectivity index (χ1v) is 5.09. The van der Waals surface area contributed by atoms with E-state index in [1.165, 1.54) is 6.20 Å². The van der Waals surface area contributed by atoms with Gasteiger partial charge < -0.3 is 4.74 Å². The third kappa shape index (κ3) is 4.43. The molecule has 8 heteroatoms. The molecule has 0 spiro atoms. The summed E-state index contributed by atoms with van der Waals surface area (Å²) in [5.74, 6) is -3.90. The molecule has 3 nitrogen and oxygen atoms in total. The van der Waals surface area contributed by atoms with Crippen molar-refractivity contribution < 1.29 is 22.3 Å². The van der Waals surface area contributed by atoms with E-state index in [0.717, 1.165) is 0 Å². The van der Waals surface area contributed by atoms with Crippen LogP contribution in [0.15, 0.2) is 12.3 Å². The number of aromatic nitrogens is 2. The van der Waals surface area contributed by atoms with E-state index in [4.69, 9.17) is 11.6 Å². The molecule has 1 heterocycles. The number of nitrogens with zero attached hydrogens (tertiary/aromatic N) is 2. The molecule has 0 bridgehead atoms. The lowest BCUT2D eigenvalue weighted by Crippen LogP contribution is -2.32. The summed E-state index contributed by atoms with van der Waals surface area (Å²) in [4.78, 5) is 7.58. The van der Waals surface area contributed by atoms with E-state index in [1.807, 2.05) is 0 Å². The van der Waals surface area contributed by atoms with Crippen LogP contribution in [-0.4, -0.2) is 28.9 Å². The lowest BCUT2D eigenvalue weighted by molar-refractivity contribution is -0.168. The van der Waals surface area contributed by atoms with E-state index in [1.54, 1.807) is 6.07 Å². The molecule has 0 saturated heterocycles. The molecule has 0 N–H and O–H groups in total. The summed E-state index contributed by atoms with van der Waals surface area (Å²) in [7, 11) is 0. The first-order chi connectivity index (χ1) is 7.95. The highest BCUT2D eigenvalue weighted by molar-refractivity contribution is 6.16. The molecule has 96 valence electrons. The summed E-state index contributed by atoms with van der Waals surface area (Å²) in [6.07, 6.45) is -2.37. The van der Waals surface area contributed by atoms with Crippen LogP contribution in [0, 0.1) is 0 Å². The second-order valence-corrected chi connectivity index (χ2v) is 3.42. The molecule has 0 aliphatic rings. The number of hydrogen-bond donors (Lipinski definition) is 0. The lowest BCUT2D eigenvalue weighted by Gasteiger charge is -2.14. The highest BCUT2D eigenvalue weighted by Gasteiger charge is 2.40. The largest absolute Gasteiger partial charge is 0.367 e. The average Bonchev–Trinajstić information content (AvgIpc) is 2.29. The summed E-state index contributed by atoms with van der Waals surface area (Å²) < 4.78 is 52.9. The zero-order chi connectivity index (χ0) is 12.9. The number of rotatable bonds is 6. The monoisotopic (exact) mass is 272 g/mol. The van der Waals surface area contributed by atoms with E-state index >= 15 is 0 Å². The first kappa shape index (κ1) is 14.1. The van der Waals surface area contributed by atoms with E-state index in [0.29, 0.717) is 5.69 Å². The standard InChI is InChI=1S/C9H9ClF4N2O/c10-3-6-1-2-15-7(16-6)4-17-5-9(13,14)8(11)12/h1-2,8H,3-5H2. The Labute approximate surface area is 99.8 Å². The van der Waals surface area contributed by atoms with Gasteiger partial charge in [0.05, 0.1) is 11.6 Å². The molecule has 0 aliphatic carbocycles. The third-order valence-electron chi connectivity index (χ3n) is 1.74. The van der Waals surface area contributed by atoms with E-state index in [9.17, 15) is 17.6 Å². The van der Waals surface area contributed by atoms with Gasteiger partial charge in [-0.05, 0) is 6.07 Å². The van der Waals surface area contributed by atoms with Crippen molar-refractivity contribution >= 4 is 11.6 Å². The fourth-order valence-electron chi connectivity index (χ4n) is 0.927. The Morgan fingerprint density at radius 3 is 2.71 bits per heavy atom. The maximum atomic E-state index is 12.5. The van der Waals surface area contributed by atoms with Crippen LogP contribution >= 0.6 is 11.6 Å². The molecule has 0 atom stereocenters. The molecule has 0 fully saturated rings. The van der Waals surface area contributed by atoms with Gasteiger partial charge in [-0.1, -0.05) is 0 Å². The Hall–Kier alpha value is -0.950. The van der Waals surface area contributed by atoms with Gasteiger partial charge in [0.15, 0.2) is 5.82 Å². The highest BCUT2D eigenvalue weighted by atomic mass is 35.5. The van der Waals surface area contributed by atoms with Gasteiger partial charge >= 0.3 is 12.3 Å². The summed E-state index contributed by atoms with van der Waals surface area (Å²) in [5.41, 5.74) is 0.501. The fourth-order valence-corrected chi connectivity index (χ4v) is 1.08. The van der Waals surface area contributed by atoms with Gasteiger partial charge in [0, 0.05) is 6.20 Å². The minimum Gasteiger partial charge on any atom is -0.367 e. The molecule has 0 aliphatic heterocycles. The van der Waals surface area contributed by atoms with Crippen molar-refractivity contribution in [3.05, 3.63) is 23.8 Å². The van der Waals surface area contributed by atoms with E-state index in [-0.39, 0.29) is 18.3 Å². The van der Waals surface area contributed by atoms with Crippen molar-refractivity contribution in [2.24, 2.45) is 0 Å². The molecule has 17 heavy (non-hydrogen) atoms. The smallest absolute Gasteiger partial charge is 0.330 e. The van der Waals surface area contributed by atoms with E-state index < -0.39 is 19.0 Å². The topological polar surface area (TPSA) is 35.0 Å². The minimum absolute atomic E-state index is 0.119. The van der Waals surface area contributed by atoms with Gasteiger partial charge in [0.1, 0.15) is 13.2 Å². The van der Waals surface area contributed by atoms with Crippen LogP contribution in [0.3, 0.4) is 0 Å². The molecule has 0 aromatic carbocycles. The van der Waals surface area contributed by atoms with Crippen molar-refractivity contribution in [2.75, 3.05) is 6.61 Å². The number of ether oxygens (including phenoxy) is 1. The Morgan fingerprint density at radius 1 is 1.41 bits per heavy atom. The van der Waals surface area contributed by atoms with Gasteiger partial charge in [-0.25, -0.2) is 18.7 Å². The molecule has 1 aromatic rings. The predicted molar refractivity (Wildman–Crippen MR) is 52.2 cm³/mol. The Balaban J connectivity index is 2.45. The summed E-state index contributed by atoms with van der Waals surface area (Å²) in [6.45, 7) is -1.74. The molecular weight excluding hydrogens is 264 g/mol. The second kappa shape index (κ2) is 6.11. The van der Waals surface area contributed by atoms with Crippen molar-refractivity contribution in [1.82, 2.24) is 9.97 Å². The molecule has 0 unspecified atom stereocenters. The average molecular weight is 273 g/mol. The summed E-state index contributed by atoms with van der Waals surface area (Å²) >= 11 is 5.50. The summed E-state index contributed by atoms with van der Waals surface area (Å²) in [5, 5.41) is 0. The van der Waals surface area contributed by atoms with Gasteiger partial charge in [-0.3, -0.25) is 0 Å². The van der Waals surface area contributed by atoms with Gasteiger partial charge in [-0.2, -0.15) is 8.78 Å². The maximum Gasteiger partial charge on any atom is 0.330 e. The zero-order valence-electron chi connectivity index (χ0n) is 8.55. The van der Waals surface area contributed by atoms with Crippen LogP contribution < -0.4 is 0 Å². The SMILES string of the molecule is FC(F)C(F)(F)COCc1nccc(CCl)n1. The first-order valence-electron chi connectivity index (χ1n) is 4.56. The van der Waals surface area contributed by atoms with Crippen LogP contribution in [0.25, 0.3) is 0 Å². The van der Waals surface area contributed by atoms with Crippen LogP contribution in [0.2, 0.25) is 0 Å². The number of alkyl halides is 5. The lowest BCUT2D eigenvalue weighted by atomic mass is 10.4. The molecule has 1 aromatic heterocycles. The van der Waals surface area contributed by atoms with E-state index in [2.05, 4.69) is 14.7 Å². The highest BCUT2D eigenvalue weighted by Crippen LogP contribution is 2.23. The van der Waals surface area contributed by atoms with Crippen molar-refractivity contribution in [3.8, 4) is 0 Å².